The molecular weight excluding hydrogens is 537 g/mol. The van der Waals surface area contributed by atoms with Gasteiger partial charge in [0.2, 0.25) is 5.91 Å². The summed E-state index contributed by atoms with van der Waals surface area (Å²) in [6.07, 6.45) is 3.88. The second kappa shape index (κ2) is 13.1. The highest BCUT2D eigenvalue weighted by atomic mass is 127. The second-order valence-electron chi connectivity index (χ2n) is 9.21. The Kier molecular flexibility index (Phi) is 10.2. The quantitative estimate of drug-likeness (QED) is 0.294. The van der Waals surface area contributed by atoms with Crippen molar-refractivity contribution in [3.8, 4) is 0 Å². The van der Waals surface area contributed by atoms with Gasteiger partial charge < -0.3 is 15.5 Å². The molecule has 2 heterocycles. The zero-order valence-electron chi connectivity index (χ0n) is 20.4. The molecule has 0 aliphatic carbocycles. The van der Waals surface area contributed by atoms with Crippen molar-refractivity contribution in [1.29, 1.82) is 0 Å². The summed E-state index contributed by atoms with van der Waals surface area (Å²) >= 11 is 0. The van der Waals surface area contributed by atoms with Crippen molar-refractivity contribution in [1.82, 2.24) is 20.4 Å². The Balaban J connectivity index is 0.00000324. The monoisotopic (exact) mass is 575 g/mol. The summed E-state index contributed by atoms with van der Waals surface area (Å²) in [4.78, 5) is 20.9. The van der Waals surface area contributed by atoms with Crippen LogP contribution in [0.15, 0.2) is 59.6 Å². The number of aliphatic imine (C=N–C) groups is 1. The van der Waals surface area contributed by atoms with Crippen molar-refractivity contribution in [2.45, 2.75) is 57.8 Å². The van der Waals surface area contributed by atoms with Gasteiger partial charge in [-0.15, -0.1) is 24.0 Å². The van der Waals surface area contributed by atoms with Crippen LogP contribution in [0.1, 0.15) is 55.3 Å². The maximum absolute atomic E-state index is 11.9. The van der Waals surface area contributed by atoms with E-state index >= 15 is 0 Å². The molecule has 0 bridgehead atoms. The first-order valence-electron chi connectivity index (χ1n) is 12.2. The van der Waals surface area contributed by atoms with E-state index in [0.29, 0.717) is 31.6 Å². The Labute approximate surface area is 221 Å². The van der Waals surface area contributed by atoms with Gasteiger partial charge >= 0.3 is 0 Å². The van der Waals surface area contributed by atoms with E-state index in [9.17, 15) is 4.79 Å². The lowest BCUT2D eigenvalue weighted by atomic mass is 10.0. The first-order valence-corrected chi connectivity index (χ1v) is 12.2. The van der Waals surface area contributed by atoms with Crippen LogP contribution in [0, 0.1) is 0 Å². The van der Waals surface area contributed by atoms with Gasteiger partial charge in [0.15, 0.2) is 5.96 Å². The summed E-state index contributed by atoms with van der Waals surface area (Å²) in [6, 6.07) is 20.1. The van der Waals surface area contributed by atoms with Crippen LogP contribution >= 0.6 is 24.0 Å². The molecule has 1 unspecified atom stereocenters. The van der Waals surface area contributed by atoms with Crippen LogP contribution in [0.25, 0.3) is 0 Å². The maximum Gasteiger partial charge on any atom is 0.222 e. The third kappa shape index (κ3) is 7.18. The van der Waals surface area contributed by atoms with Crippen molar-refractivity contribution in [3.63, 3.8) is 0 Å². The number of piperidine rings is 1. The molecule has 6 nitrogen and oxygen atoms in total. The number of carbonyl (C=O) groups is 1. The summed E-state index contributed by atoms with van der Waals surface area (Å²) in [5, 5.41) is 7.08. The summed E-state index contributed by atoms with van der Waals surface area (Å²) in [5.74, 6) is 1.12. The maximum atomic E-state index is 11.9. The third-order valence-electron chi connectivity index (χ3n) is 6.92. The van der Waals surface area contributed by atoms with Gasteiger partial charge in [0.05, 0.1) is 0 Å². The molecule has 7 heteroatoms. The largest absolute Gasteiger partial charge is 0.354 e. The van der Waals surface area contributed by atoms with Crippen molar-refractivity contribution < 1.29 is 4.79 Å². The first kappa shape index (κ1) is 26.5. The number of likely N-dealkylation sites (tertiary alicyclic amines) is 2. The summed E-state index contributed by atoms with van der Waals surface area (Å²) in [6.45, 7) is 6.77. The van der Waals surface area contributed by atoms with E-state index in [1.807, 2.05) is 11.9 Å². The fraction of sp³-hybridized carbons (Fsp3) is 0.481. The minimum atomic E-state index is 0. The Morgan fingerprint density at radius 1 is 1.06 bits per heavy atom. The lowest BCUT2D eigenvalue weighted by molar-refractivity contribution is -0.128. The molecule has 2 saturated heterocycles. The van der Waals surface area contributed by atoms with Crippen molar-refractivity contribution >= 4 is 35.8 Å². The molecule has 2 N–H and O–H groups in total. The lowest BCUT2D eigenvalue weighted by Crippen LogP contribution is -2.48. The summed E-state index contributed by atoms with van der Waals surface area (Å²) in [5.41, 5.74) is 3.78. The topological polar surface area (TPSA) is 60.0 Å². The molecule has 2 fully saturated rings. The van der Waals surface area contributed by atoms with Crippen LogP contribution in [0.5, 0.6) is 0 Å². The molecule has 2 aliphatic heterocycles. The van der Waals surface area contributed by atoms with Gasteiger partial charge in [-0.05, 0) is 42.9 Å². The van der Waals surface area contributed by atoms with Crippen LogP contribution in [0.3, 0.4) is 0 Å². The van der Waals surface area contributed by atoms with E-state index in [1.54, 1.807) is 0 Å². The molecule has 184 valence electrons. The van der Waals surface area contributed by atoms with E-state index in [4.69, 9.17) is 0 Å². The molecule has 4 rings (SSSR count). The smallest absolute Gasteiger partial charge is 0.222 e. The predicted molar refractivity (Wildman–Crippen MR) is 149 cm³/mol. The number of rotatable bonds is 7. The second-order valence-corrected chi connectivity index (χ2v) is 9.21. The van der Waals surface area contributed by atoms with Crippen LogP contribution < -0.4 is 10.6 Å². The minimum Gasteiger partial charge on any atom is -0.354 e. The molecule has 0 aromatic heterocycles. The van der Waals surface area contributed by atoms with Gasteiger partial charge in [0.1, 0.15) is 0 Å². The number of carbonyl (C=O) groups excluding carboxylic acids is 1. The van der Waals surface area contributed by atoms with Gasteiger partial charge in [-0.2, -0.15) is 0 Å². The first-order chi connectivity index (χ1) is 16.1. The lowest BCUT2D eigenvalue weighted by Gasteiger charge is -2.37. The Morgan fingerprint density at radius 3 is 2.47 bits per heavy atom. The number of nitrogens with zero attached hydrogens (tertiary/aromatic N) is 3. The standard InChI is InChI=1S/C27H37N5O.HI/c1-21(24-10-4-3-5-11-24)31-16-13-25(14-17-31)30-27(28-2)29-19-22-8-6-9-23(18-22)20-32-15-7-12-26(32)33;/h3-6,8-11,18,21,25H,7,12-17,19-20H2,1-2H3,(H2,28,29,30);1H. The molecule has 0 radical (unpaired) electrons. The predicted octanol–water partition coefficient (Wildman–Crippen LogP) is 4.32. The van der Waals surface area contributed by atoms with Gasteiger partial charge in [-0.1, -0.05) is 54.6 Å². The summed E-state index contributed by atoms with van der Waals surface area (Å²) < 4.78 is 0. The van der Waals surface area contributed by atoms with Crippen LogP contribution in [0.2, 0.25) is 0 Å². The van der Waals surface area contributed by atoms with E-state index < -0.39 is 0 Å². The Morgan fingerprint density at radius 2 is 1.79 bits per heavy atom. The highest BCUT2D eigenvalue weighted by Gasteiger charge is 2.24. The Hall–Kier alpha value is -2.13. The zero-order chi connectivity index (χ0) is 23.0. The number of halogens is 1. The fourth-order valence-corrected chi connectivity index (χ4v) is 4.88. The van der Waals surface area contributed by atoms with Gasteiger partial charge in [-0.3, -0.25) is 14.7 Å². The van der Waals surface area contributed by atoms with E-state index in [-0.39, 0.29) is 29.9 Å². The average molecular weight is 576 g/mol. The SMILES string of the molecule is CN=C(NCc1cccc(CN2CCCC2=O)c1)NC1CCN(C(C)c2ccccc2)CC1.I. The number of nitrogens with one attached hydrogen (secondary N) is 2. The van der Waals surface area contributed by atoms with Crippen molar-refractivity contribution in [2.75, 3.05) is 26.7 Å². The highest BCUT2D eigenvalue weighted by molar-refractivity contribution is 14.0. The highest BCUT2D eigenvalue weighted by Crippen LogP contribution is 2.24. The fourth-order valence-electron chi connectivity index (χ4n) is 4.88. The Bertz CT molecular complexity index is 943. The zero-order valence-corrected chi connectivity index (χ0v) is 22.7. The van der Waals surface area contributed by atoms with Crippen LogP contribution in [0.4, 0.5) is 0 Å². The average Bonchev–Trinajstić information content (AvgIpc) is 3.26. The molecule has 2 aromatic rings. The molecule has 2 aliphatic rings. The molecule has 1 amide bonds. The van der Waals surface area contributed by atoms with Gasteiger partial charge in [-0.25, -0.2) is 0 Å². The third-order valence-corrected chi connectivity index (χ3v) is 6.92. The molecule has 1 atom stereocenters. The number of amides is 1. The molecule has 2 aromatic carbocycles. The van der Waals surface area contributed by atoms with Crippen LogP contribution in [-0.2, 0) is 17.9 Å². The van der Waals surface area contributed by atoms with Crippen molar-refractivity contribution in [2.24, 2.45) is 4.99 Å². The van der Waals surface area contributed by atoms with Crippen molar-refractivity contribution in [3.05, 3.63) is 71.3 Å². The summed E-state index contributed by atoms with van der Waals surface area (Å²) in [7, 11) is 1.83. The van der Waals surface area contributed by atoms with Gasteiger partial charge in [0, 0.05) is 58.3 Å². The van der Waals surface area contributed by atoms with E-state index in [1.165, 1.54) is 16.7 Å². The number of guanidine groups is 1. The van der Waals surface area contributed by atoms with Gasteiger partial charge in [0.25, 0.3) is 0 Å². The molecule has 34 heavy (non-hydrogen) atoms. The number of hydrogen-bond donors (Lipinski definition) is 2. The van der Waals surface area contributed by atoms with E-state index in [0.717, 1.165) is 44.9 Å². The van der Waals surface area contributed by atoms with Crippen LogP contribution in [-0.4, -0.2) is 54.4 Å². The molecule has 0 spiro atoms. The number of hydrogen-bond acceptors (Lipinski definition) is 3. The molecule has 0 saturated carbocycles. The normalized spacial score (nSPS) is 18.5. The minimum absolute atomic E-state index is 0. The van der Waals surface area contributed by atoms with E-state index in [2.05, 4.69) is 82.0 Å². The molecular formula is C27H38IN5O. The number of benzene rings is 2.